The molecule has 0 radical (unpaired) electrons. The third-order valence-corrected chi connectivity index (χ3v) is 3.67. The number of halogens is 1. The van der Waals surface area contributed by atoms with E-state index in [-0.39, 0.29) is 17.3 Å². The van der Waals surface area contributed by atoms with Gasteiger partial charge in [-0.25, -0.2) is 9.78 Å². The number of pyridine rings is 1. The molecule has 7 heteroatoms. The summed E-state index contributed by atoms with van der Waals surface area (Å²) in [5.41, 5.74) is -0.111. The maximum Gasteiger partial charge on any atom is 0.356 e. The number of aromatic carboxylic acids is 1. The van der Waals surface area contributed by atoms with E-state index in [1.54, 1.807) is 12.1 Å². The van der Waals surface area contributed by atoms with Crippen LogP contribution >= 0.6 is 11.6 Å². The lowest BCUT2D eigenvalue weighted by Gasteiger charge is -2.22. The molecule has 0 amide bonds. The summed E-state index contributed by atoms with van der Waals surface area (Å²) in [7, 11) is 0. The monoisotopic (exact) mass is 299 g/mol. The molecule has 0 atom stereocenters. The van der Waals surface area contributed by atoms with Crippen LogP contribution in [-0.4, -0.2) is 65.4 Å². The molecule has 0 unspecified atom stereocenters. The number of carboxylic acids is 1. The number of anilines is 1. The number of hydrogen-bond acceptors (Lipinski definition) is 5. The molecular weight excluding hydrogens is 282 g/mol. The van der Waals surface area contributed by atoms with Crippen LogP contribution < -0.4 is 4.90 Å². The van der Waals surface area contributed by atoms with Crippen molar-refractivity contribution in [3.8, 4) is 0 Å². The van der Waals surface area contributed by atoms with Gasteiger partial charge in [0.05, 0.1) is 11.6 Å². The van der Waals surface area contributed by atoms with Gasteiger partial charge < -0.3 is 15.1 Å². The van der Waals surface area contributed by atoms with Crippen LogP contribution in [0.2, 0.25) is 5.02 Å². The number of β-amino-alcohol motifs (C(OH)–C–C–N with tert-alkyl or cyclic N) is 1. The standard InChI is InChI=1S/C13H18ClN3O3/c14-10-2-3-11(15-12(10)13(19)20)17-5-1-4-16(6-7-17)8-9-18/h2-3,18H,1,4-9H2,(H,19,20). The Morgan fingerprint density at radius 1 is 1.30 bits per heavy atom. The van der Waals surface area contributed by atoms with Gasteiger partial charge in [0.25, 0.3) is 0 Å². The zero-order valence-electron chi connectivity index (χ0n) is 11.1. The number of rotatable bonds is 4. The molecular formula is C13H18ClN3O3. The van der Waals surface area contributed by atoms with Crippen LogP contribution in [0.3, 0.4) is 0 Å². The van der Waals surface area contributed by atoms with E-state index in [1.165, 1.54) is 0 Å². The lowest BCUT2D eigenvalue weighted by molar-refractivity contribution is 0.0691. The van der Waals surface area contributed by atoms with Crippen molar-refractivity contribution >= 4 is 23.4 Å². The van der Waals surface area contributed by atoms with Gasteiger partial charge in [0.15, 0.2) is 5.69 Å². The molecule has 6 nitrogen and oxygen atoms in total. The number of carboxylic acid groups (broad SMARTS) is 1. The first-order chi connectivity index (χ1) is 9.61. The molecule has 2 N–H and O–H groups in total. The van der Waals surface area contributed by atoms with Crippen LogP contribution in [-0.2, 0) is 0 Å². The second-order valence-electron chi connectivity index (χ2n) is 4.71. The highest BCUT2D eigenvalue weighted by molar-refractivity contribution is 6.33. The van der Waals surface area contributed by atoms with Gasteiger partial charge in [-0.2, -0.15) is 0 Å². The normalized spacial score (nSPS) is 17.0. The molecule has 1 aliphatic heterocycles. The van der Waals surface area contributed by atoms with Gasteiger partial charge >= 0.3 is 5.97 Å². The van der Waals surface area contributed by atoms with E-state index in [0.717, 1.165) is 32.6 Å². The minimum atomic E-state index is -1.12. The van der Waals surface area contributed by atoms with Crippen LogP contribution in [0, 0.1) is 0 Å². The topological polar surface area (TPSA) is 76.9 Å². The third-order valence-electron chi connectivity index (χ3n) is 3.36. The largest absolute Gasteiger partial charge is 0.476 e. The molecule has 0 aromatic carbocycles. The fraction of sp³-hybridized carbons (Fsp3) is 0.538. The highest BCUT2D eigenvalue weighted by Crippen LogP contribution is 2.20. The van der Waals surface area contributed by atoms with Crippen LogP contribution in [0.1, 0.15) is 16.9 Å². The highest BCUT2D eigenvalue weighted by atomic mass is 35.5. The molecule has 0 bridgehead atoms. The van der Waals surface area contributed by atoms with Gasteiger partial charge in [0.2, 0.25) is 0 Å². The minimum absolute atomic E-state index is 0.111. The van der Waals surface area contributed by atoms with Crippen molar-refractivity contribution in [1.82, 2.24) is 9.88 Å². The number of carbonyl (C=O) groups is 1. The average Bonchev–Trinajstić information content (AvgIpc) is 2.65. The predicted molar refractivity (Wildman–Crippen MR) is 76.6 cm³/mol. The zero-order chi connectivity index (χ0) is 14.5. The maximum absolute atomic E-state index is 11.1. The smallest absolute Gasteiger partial charge is 0.356 e. The Morgan fingerprint density at radius 2 is 2.10 bits per heavy atom. The van der Waals surface area contributed by atoms with Gasteiger partial charge in [-0.05, 0) is 25.1 Å². The molecule has 1 fully saturated rings. The van der Waals surface area contributed by atoms with Crippen molar-refractivity contribution in [2.45, 2.75) is 6.42 Å². The Bertz CT molecular complexity index is 484. The average molecular weight is 300 g/mol. The fourth-order valence-electron chi connectivity index (χ4n) is 2.32. The van der Waals surface area contributed by atoms with Crippen molar-refractivity contribution in [3.05, 3.63) is 22.8 Å². The van der Waals surface area contributed by atoms with Crippen molar-refractivity contribution < 1.29 is 15.0 Å². The third kappa shape index (κ3) is 3.59. The van der Waals surface area contributed by atoms with E-state index in [9.17, 15) is 4.79 Å². The predicted octanol–water partition coefficient (Wildman–Crippen LogP) is 0.938. The number of aromatic nitrogens is 1. The second-order valence-corrected chi connectivity index (χ2v) is 5.12. The van der Waals surface area contributed by atoms with E-state index in [4.69, 9.17) is 21.8 Å². The summed E-state index contributed by atoms with van der Waals surface area (Å²) in [4.78, 5) is 19.4. The first kappa shape index (κ1) is 15.0. The summed E-state index contributed by atoms with van der Waals surface area (Å²) in [6, 6.07) is 3.32. The van der Waals surface area contributed by atoms with E-state index in [2.05, 4.69) is 14.8 Å². The highest BCUT2D eigenvalue weighted by Gasteiger charge is 2.18. The molecule has 20 heavy (non-hydrogen) atoms. The van der Waals surface area contributed by atoms with Crippen molar-refractivity contribution in [3.63, 3.8) is 0 Å². The van der Waals surface area contributed by atoms with E-state index in [0.29, 0.717) is 12.4 Å². The van der Waals surface area contributed by atoms with Crippen molar-refractivity contribution in [1.29, 1.82) is 0 Å². The fourth-order valence-corrected chi connectivity index (χ4v) is 2.51. The van der Waals surface area contributed by atoms with Crippen molar-refractivity contribution in [2.75, 3.05) is 44.2 Å². The molecule has 2 rings (SSSR count). The summed E-state index contributed by atoms with van der Waals surface area (Å²) in [6.45, 7) is 4.15. The number of nitrogens with zero attached hydrogens (tertiary/aromatic N) is 3. The van der Waals surface area contributed by atoms with E-state index < -0.39 is 5.97 Å². The number of aliphatic hydroxyl groups is 1. The molecule has 0 spiro atoms. The molecule has 1 aromatic rings. The van der Waals surface area contributed by atoms with E-state index in [1.807, 2.05) is 0 Å². The Hall–Kier alpha value is -1.37. The number of aliphatic hydroxyl groups excluding tert-OH is 1. The van der Waals surface area contributed by atoms with Gasteiger partial charge in [0.1, 0.15) is 5.82 Å². The molecule has 1 saturated heterocycles. The quantitative estimate of drug-likeness (QED) is 0.861. The summed E-state index contributed by atoms with van der Waals surface area (Å²) in [5, 5.41) is 18.2. The lowest BCUT2D eigenvalue weighted by atomic mass is 10.3. The Labute approximate surface area is 122 Å². The number of hydrogen-bond donors (Lipinski definition) is 2. The Balaban J connectivity index is 2.11. The Morgan fingerprint density at radius 3 is 2.80 bits per heavy atom. The van der Waals surface area contributed by atoms with Gasteiger partial charge in [-0.1, -0.05) is 11.6 Å². The molecule has 0 saturated carbocycles. The molecule has 0 aliphatic carbocycles. The summed E-state index contributed by atoms with van der Waals surface area (Å²) < 4.78 is 0. The first-order valence-electron chi connectivity index (χ1n) is 6.60. The molecule has 1 aliphatic rings. The second kappa shape index (κ2) is 6.88. The minimum Gasteiger partial charge on any atom is -0.476 e. The zero-order valence-corrected chi connectivity index (χ0v) is 11.9. The van der Waals surface area contributed by atoms with Crippen molar-refractivity contribution in [2.24, 2.45) is 0 Å². The SMILES string of the molecule is O=C(O)c1nc(N2CCCN(CCO)CC2)ccc1Cl. The van der Waals surface area contributed by atoms with E-state index >= 15 is 0 Å². The first-order valence-corrected chi connectivity index (χ1v) is 6.97. The summed E-state index contributed by atoms with van der Waals surface area (Å²) in [6.07, 6.45) is 0.951. The molecule has 1 aromatic heterocycles. The molecule has 110 valence electrons. The van der Waals surface area contributed by atoms with Crippen LogP contribution in [0.4, 0.5) is 5.82 Å². The van der Waals surface area contributed by atoms with Gasteiger partial charge in [0, 0.05) is 26.2 Å². The summed E-state index contributed by atoms with van der Waals surface area (Å²) in [5.74, 6) is -0.480. The van der Waals surface area contributed by atoms with Crippen LogP contribution in [0.15, 0.2) is 12.1 Å². The summed E-state index contributed by atoms with van der Waals surface area (Å²) >= 11 is 5.83. The van der Waals surface area contributed by atoms with Crippen LogP contribution in [0.25, 0.3) is 0 Å². The maximum atomic E-state index is 11.1. The lowest BCUT2D eigenvalue weighted by Crippen LogP contribution is -2.32. The molecule has 2 heterocycles. The van der Waals surface area contributed by atoms with Gasteiger partial charge in [-0.15, -0.1) is 0 Å². The van der Waals surface area contributed by atoms with Crippen LogP contribution in [0.5, 0.6) is 0 Å². The Kier molecular flexibility index (Phi) is 5.17. The van der Waals surface area contributed by atoms with Gasteiger partial charge in [-0.3, -0.25) is 4.90 Å².